The lowest BCUT2D eigenvalue weighted by atomic mass is 10.1. The Bertz CT molecular complexity index is 326. The molecule has 1 aromatic rings. The zero-order valence-electron chi connectivity index (χ0n) is 9.26. The molecule has 0 saturated heterocycles. The third kappa shape index (κ3) is 2.91. The van der Waals surface area contributed by atoms with Crippen molar-refractivity contribution in [3.8, 4) is 5.75 Å². The normalized spacial score (nSPS) is 9.93. The van der Waals surface area contributed by atoms with Crippen LogP contribution in [-0.4, -0.2) is 6.61 Å². The second kappa shape index (κ2) is 4.85. The van der Waals surface area contributed by atoms with Gasteiger partial charge in [-0.05, 0) is 49.1 Å². The molecule has 0 unspecified atom stereocenters. The van der Waals surface area contributed by atoms with Crippen molar-refractivity contribution in [1.29, 1.82) is 0 Å². The summed E-state index contributed by atoms with van der Waals surface area (Å²) < 4.78 is 5.55. The van der Waals surface area contributed by atoms with Gasteiger partial charge in [0.1, 0.15) is 12.4 Å². The van der Waals surface area contributed by atoms with Crippen LogP contribution in [0.4, 0.5) is 0 Å². The van der Waals surface area contributed by atoms with Crippen LogP contribution in [-0.2, 0) is 6.42 Å². The summed E-state index contributed by atoms with van der Waals surface area (Å²) in [5.74, 6) is 0.933. The summed E-state index contributed by atoms with van der Waals surface area (Å²) in [5, 5.41) is 0. The highest BCUT2D eigenvalue weighted by molar-refractivity contribution is 5.34. The van der Waals surface area contributed by atoms with Gasteiger partial charge in [-0.15, -0.1) is 0 Å². The van der Waals surface area contributed by atoms with Crippen LogP contribution in [0.1, 0.15) is 25.0 Å². The average Bonchev–Trinajstić information content (AvgIpc) is 2.15. The Morgan fingerprint density at radius 3 is 2.64 bits per heavy atom. The lowest BCUT2D eigenvalue weighted by Gasteiger charge is -2.08. The van der Waals surface area contributed by atoms with Crippen LogP contribution in [0.25, 0.3) is 0 Å². The molecule has 0 saturated carbocycles. The van der Waals surface area contributed by atoms with Crippen LogP contribution < -0.4 is 4.74 Å². The SMILES string of the molecule is C=C(C)COc1ccc(CC)c(C)c1. The van der Waals surface area contributed by atoms with Crippen LogP contribution in [0.3, 0.4) is 0 Å². The number of benzene rings is 1. The molecule has 1 rings (SSSR count). The number of aryl methyl sites for hydroxylation is 2. The second-order valence-electron chi connectivity index (χ2n) is 3.69. The first-order chi connectivity index (χ1) is 6.63. The molecule has 1 nitrogen and oxygen atoms in total. The molecule has 0 aromatic heterocycles. The van der Waals surface area contributed by atoms with Gasteiger partial charge < -0.3 is 4.74 Å². The van der Waals surface area contributed by atoms with Crippen LogP contribution in [0, 0.1) is 6.92 Å². The van der Waals surface area contributed by atoms with Gasteiger partial charge in [-0.2, -0.15) is 0 Å². The highest BCUT2D eigenvalue weighted by atomic mass is 16.5. The molecule has 0 fully saturated rings. The Morgan fingerprint density at radius 1 is 1.43 bits per heavy atom. The molecule has 0 bridgehead atoms. The minimum Gasteiger partial charge on any atom is -0.489 e. The summed E-state index contributed by atoms with van der Waals surface area (Å²) in [6, 6.07) is 6.24. The predicted octanol–water partition coefficient (Wildman–Crippen LogP) is 3.51. The van der Waals surface area contributed by atoms with E-state index in [1.165, 1.54) is 11.1 Å². The number of hydrogen-bond donors (Lipinski definition) is 0. The van der Waals surface area contributed by atoms with E-state index < -0.39 is 0 Å². The molecule has 0 atom stereocenters. The predicted molar refractivity (Wildman–Crippen MR) is 60.9 cm³/mol. The van der Waals surface area contributed by atoms with Gasteiger partial charge in [0.15, 0.2) is 0 Å². The molecule has 0 heterocycles. The monoisotopic (exact) mass is 190 g/mol. The van der Waals surface area contributed by atoms with E-state index in [0.717, 1.165) is 17.7 Å². The van der Waals surface area contributed by atoms with E-state index in [2.05, 4.69) is 32.6 Å². The summed E-state index contributed by atoms with van der Waals surface area (Å²) in [5.41, 5.74) is 3.72. The zero-order chi connectivity index (χ0) is 10.6. The molecule has 1 aromatic carbocycles. The number of ether oxygens (including phenoxy) is 1. The minimum absolute atomic E-state index is 0.602. The van der Waals surface area contributed by atoms with Crippen molar-refractivity contribution >= 4 is 0 Å². The van der Waals surface area contributed by atoms with Gasteiger partial charge >= 0.3 is 0 Å². The maximum Gasteiger partial charge on any atom is 0.120 e. The molecule has 14 heavy (non-hydrogen) atoms. The van der Waals surface area contributed by atoms with E-state index in [-0.39, 0.29) is 0 Å². The quantitative estimate of drug-likeness (QED) is 0.660. The van der Waals surface area contributed by atoms with E-state index in [9.17, 15) is 0 Å². The summed E-state index contributed by atoms with van der Waals surface area (Å²) in [4.78, 5) is 0. The van der Waals surface area contributed by atoms with Gasteiger partial charge in [-0.25, -0.2) is 0 Å². The third-order valence-corrected chi connectivity index (χ3v) is 2.18. The third-order valence-electron chi connectivity index (χ3n) is 2.18. The number of rotatable bonds is 4. The van der Waals surface area contributed by atoms with E-state index in [0.29, 0.717) is 6.61 Å². The fourth-order valence-corrected chi connectivity index (χ4v) is 1.36. The van der Waals surface area contributed by atoms with Gasteiger partial charge in [0.25, 0.3) is 0 Å². The van der Waals surface area contributed by atoms with Gasteiger partial charge in [0.2, 0.25) is 0 Å². The lowest BCUT2D eigenvalue weighted by Crippen LogP contribution is -1.98. The zero-order valence-corrected chi connectivity index (χ0v) is 9.26. The Hall–Kier alpha value is -1.24. The van der Waals surface area contributed by atoms with E-state index in [4.69, 9.17) is 4.74 Å². The average molecular weight is 190 g/mol. The van der Waals surface area contributed by atoms with Crippen molar-refractivity contribution in [3.63, 3.8) is 0 Å². The maximum absolute atomic E-state index is 5.55. The van der Waals surface area contributed by atoms with Gasteiger partial charge in [-0.1, -0.05) is 19.6 Å². The Kier molecular flexibility index (Phi) is 3.75. The molecule has 76 valence electrons. The molecule has 0 N–H and O–H groups in total. The lowest BCUT2D eigenvalue weighted by molar-refractivity contribution is 0.352. The molecular formula is C13H18O. The maximum atomic E-state index is 5.55. The summed E-state index contributed by atoms with van der Waals surface area (Å²) in [6.07, 6.45) is 1.08. The smallest absolute Gasteiger partial charge is 0.120 e. The highest BCUT2D eigenvalue weighted by Gasteiger charge is 1.98. The van der Waals surface area contributed by atoms with Crippen LogP contribution in [0.5, 0.6) is 5.75 Å². The van der Waals surface area contributed by atoms with Crippen LogP contribution >= 0.6 is 0 Å². The van der Waals surface area contributed by atoms with Crippen molar-refractivity contribution in [3.05, 3.63) is 41.5 Å². The van der Waals surface area contributed by atoms with Crippen molar-refractivity contribution in [2.45, 2.75) is 27.2 Å². The van der Waals surface area contributed by atoms with E-state index in [1.54, 1.807) is 0 Å². The highest BCUT2D eigenvalue weighted by Crippen LogP contribution is 2.17. The molecule has 0 aliphatic carbocycles. The van der Waals surface area contributed by atoms with Gasteiger partial charge in [0, 0.05) is 0 Å². The molecular weight excluding hydrogens is 172 g/mol. The summed E-state index contributed by atoms with van der Waals surface area (Å²) >= 11 is 0. The van der Waals surface area contributed by atoms with Gasteiger partial charge in [-0.3, -0.25) is 0 Å². The largest absolute Gasteiger partial charge is 0.489 e. The first-order valence-electron chi connectivity index (χ1n) is 5.00. The molecule has 0 spiro atoms. The van der Waals surface area contributed by atoms with E-state index in [1.807, 2.05) is 13.0 Å². The number of hydrogen-bond acceptors (Lipinski definition) is 1. The molecule has 0 aliphatic rings. The van der Waals surface area contributed by atoms with Gasteiger partial charge in [0.05, 0.1) is 0 Å². The Morgan fingerprint density at radius 2 is 2.14 bits per heavy atom. The second-order valence-corrected chi connectivity index (χ2v) is 3.69. The fraction of sp³-hybridized carbons (Fsp3) is 0.385. The first-order valence-corrected chi connectivity index (χ1v) is 5.00. The van der Waals surface area contributed by atoms with Crippen molar-refractivity contribution in [2.24, 2.45) is 0 Å². The molecule has 0 amide bonds. The molecule has 0 aliphatic heterocycles. The van der Waals surface area contributed by atoms with Crippen molar-refractivity contribution in [2.75, 3.05) is 6.61 Å². The van der Waals surface area contributed by atoms with Crippen molar-refractivity contribution in [1.82, 2.24) is 0 Å². The standard InChI is InChI=1S/C13H18O/c1-5-12-6-7-13(8-11(12)4)14-9-10(2)3/h6-8H,2,5,9H2,1,3-4H3. The van der Waals surface area contributed by atoms with Crippen molar-refractivity contribution < 1.29 is 4.74 Å². The topological polar surface area (TPSA) is 9.23 Å². The Balaban J connectivity index is 2.71. The summed E-state index contributed by atoms with van der Waals surface area (Å²) in [7, 11) is 0. The van der Waals surface area contributed by atoms with Crippen LogP contribution in [0.2, 0.25) is 0 Å². The summed E-state index contributed by atoms with van der Waals surface area (Å²) in [6.45, 7) is 10.6. The fourth-order valence-electron chi connectivity index (χ4n) is 1.36. The molecule has 0 radical (unpaired) electrons. The van der Waals surface area contributed by atoms with Crippen LogP contribution in [0.15, 0.2) is 30.4 Å². The Labute approximate surface area is 86.4 Å². The van der Waals surface area contributed by atoms with E-state index >= 15 is 0 Å². The molecule has 1 heteroatoms. The first kappa shape index (κ1) is 10.8. The minimum atomic E-state index is 0.602.